The van der Waals surface area contributed by atoms with Crippen LogP contribution in [0.2, 0.25) is 5.02 Å². The van der Waals surface area contributed by atoms with Crippen LogP contribution in [-0.4, -0.2) is 0 Å². The molecule has 0 amide bonds. The van der Waals surface area contributed by atoms with Crippen LogP contribution in [0, 0.1) is 5.82 Å². The minimum atomic E-state index is -1.07. The average molecular weight is 236 g/mol. The summed E-state index contributed by atoms with van der Waals surface area (Å²) in [6, 6.07) is 12.4. The van der Waals surface area contributed by atoms with Gasteiger partial charge in [-0.15, -0.1) is 0 Å². The highest BCUT2D eigenvalue weighted by Gasteiger charge is 2.14. The first-order chi connectivity index (χ1) is 7.68. The van der Waals surface area contributed by atoms with E-state index in [0.29, 0.717) is 16.1 Å². The van der Waals surface area contributed by atoms with Crippen molar-refractivity contribution in [3.8, 4) is 0 Å². The Hall–Kier alpha value is -1.38. The Morgan fingerprint density at radius 1 is 1.00 bits per heavy atom. The van der Waals surface area contributed by atoms with Gasteiger partial charge in [0.25, 0.3) is 0 Å². The molecule has 1 radical (unpaired) electrons. The molecule has 2 aromatic carbocycles. The molecule has 1 unspecified atom stereocenters. The Labute approximate surface area is 98.1 Å². The van der Waals surface area contributed by atoms with Crippen molar-refractivity contribution in [2.75, 3.05) is 0 Å². The number of hydrogen-bond donors (Lipinski definition) is 0. The van der Waals surface area contributed by atoms with Crippen molar-refractivity contribution < 1.29 is 9.50 Å². The first kappa shape index (κ1) is 11.1. The van der Waals surface area contributed by atoms with Gasteiger partial charge in [0.15, 0.2) is 0 Å². The zero-order valence-electron chi connectivity index (χ0n) is 8.36. The molecule has 0 aliphatic rings. The van der Waals surface area contributed by atoms with Crippen molar-refractivity contribution in [2.45, 2.75) is 6.10 Å². The standard InChI is InChI=1S/C13H9ClFO/c14-12-4-2-1-3-11(12)13(16)9-5-7-10(15)8-6-9/h1-8,13H. The van der Waals surface area contributed by atoms with Crippen LogP contribution in [0.3, 0.4) is 0 Å². The van der Waals surface area contributed by atoms with E-state index in [9.17, 15) is 9.50 Å². The van der Waals surface area contributed by atoms with Gasteiger partial charge in [-0.3, -0.25) is 0 Å². The van der Waals surface area contributed by atoms with Crippen LogP contribution in [0.25, 0.3) is 0 Å². The molecule has 3 heteroatoms. The summed E-state index contributed by atoms with van der Waals surface area (Å²) < 4.78 is 12.7. The number of rotatable bonds is 2. The molecule has 0 saturated heterocycles. The minimum absolute atomic E-state index is 0.352. The second-order valence-corrected chi connectivity index (χ2v) is 3.86. The quantitative estimate of drug-likeness (QED) is 0.750. The molecule has 1 atom stereocenters. The summed E-state index contributed by atoms with van der Waals surface area (Å²) in [6.45, 7) is 0. The number of halogens is 2. The molecule has 2 aromatic rings. The molecule has 0 heterocycles. The molecule has 81 valence electrons. The predicted octanol–water partition coefficient (Wildman–Crippen LogP) is 4.00. The third-order valence-corrected chi connectivity index (χ3v) is 2.70. The van der Waals surface area contributed by atoms with E-state index in [1.165, 1.54) is 24.3 Å². The van der Waals surface area contributed by atoms with E-state index in [2.05, 4.69) is 0 Å². The van der Waals surface area contributed by atoms with E-state index < -0.39 is 6.10 Å². The van der Waals surface area contributed by atoms with Crippen molar-refractivity contribution >= 4 is 11.6 Å². The molecule has 0 aromatic heterocycles. The normalized spacial score (nSPS) is 12.4. The number of hydrogen-bond acceptors (Lipinski definition) is 0. The third kappa shape index (κ3) is 2.23. The van der Waals surface area contributed by atoms with Gasteiger partial charge in [0.2, 0.25) is 0 Å². The van der Waals surface area contributed by atoms with Crippen LogP contribution >= 0.6 is 11.6 Å². The van der Waals surface area contributed by atoms with Gasteiger partial charge in [-0.05, 0) is 23.8 Å². The van der Waals surface area contributed by atoms with Gasteiger partial charge in [-0.25, -0.2) is 9.50 Å². The lowest BCUT2D eigenvalue weighted by Crippen LogP contribution is -1.98. The molecule has 2 rings (SSSR count). The molecule has 0 N–H and O–H groups in total. The lowest BCUT2D eigenvalue weighted by molar-refractivity contribution is 0.124. The average Bonchev–Trinajstić information content (AvgIpc) is 2.30. The molecule has 1 nitrogen and oxygen atoms in total. The predicted molar refractivity (Wildman–Crippen MR) is 60.4 cm³/mol. The van der Waals surface area contributed by atoms with Crippen molar-refractivity contribution in [1.29, 1.82) is 0 Å². The zero-order valence-corrected chi connectivity index (χ0v) is 9.12. The Morgan fingerprint density at radius 2 is 1.62 bits per heavy atom. The minimum Gasteiger partial charge on any atom is -0.223 e. The maximum Gasteiger partial charge on any atom is 0.144 e. The summed E-state index contributed by atoms with van der Waals surface area (Å²) in [5, 5.41) is 12.5. The van der Waals surface area contributed by atoms with Gasteiger partial charge >= 0.3 is 0 Å². The highest BCUT2D eigenvalue weighted by atomic mass is 35.5. The molecule has 0 aliphatic heterocycles. The lowest BCUT2D eigenvalue weighted by atomic mass is 10.0. The van der Waals surface area contributed by atoms with Crippen LogP contribution in [0.5, 0.6) is 0 Å². The van der Waals surface area contributed by atoms with Crippen LogP contribution in [0.1, 0.15) is 17.2 Å². The van der Waals surface area contributed by atoms with E-state index >= 15 is 0 Å². The zero-order chi connectivity index (χ0) is 11.5. The molecule has 0 aliphatic carbocycles. The second kappa shape index (κ2) is 4.64. The van der Waals surface area contributed by atoms with Gasteiger partial charge < -0.3 is 0 Å². The molecule has 0 saturated carbocycles. The Kier molecular flexibility index (Phi) is 3.22. The van der Waals surface area contributed by atoms with Gasteiger partial charge in [0.05, 0.1) is 0 Å². The van der Waals surface area contributed by atoms with Crippen molar-refractivity contribution in [2.24, 2.45) is 0 Å². The van der Waals surface area contributed by atoms with Crippen molar-refractivity contribution in [3.63, 3.8) is 0 Å². The molecule has 0 spiro atoms. The topological polar surface area (TPSA) is 19.9 Å². The molecular weight excluding hydrogens is 227 g/mol. The summed E-state index contributed by atoms with van der Waals surface area (Å²) in [4.78, 5) is 0. The van der Waals surface area contributed by atoms with Gasteiger partial charge in [0, 0.05) is 10.6 Å². The number of benzene rings is 2. The highest BCUT2D eigenvalue weighted by Crippen LogP contribution is 2.28. The fourth-order valence-electron chi connectivity index (χ4n) is 1.50. The Balaban J connectivity index is 2.35. The first-order valence-electron chi connectivity index (χ1n) is 4.84. The molecule has 16 heavy (non-hydrogen) atoms. The first-order valence-corrected chi connectivity index (χ1v) is 5.22. The maximum absolute atomic E-state index is 12.7. The summed E-state index contributed by atoms with van der Waals surface area (Å²) >= 11 is 5.93. The van der Waals surface area contributed by atoms with Crippen molar-refractivity contribution in [3.05, 3.63) is 70.5 Å². The van der Waals surface area contributed by atoms with E-state index in [-0.39, 0.29) is 5.82 Å². The van der Waals surface area contributed by atoms with Gasteiger partial charge in [-0.1, -0.05) is 41.9 Å². The van der Waals surface area contributed by atoms with Crippen LogP contribution in [0.15, 0.2) is 48.5 Å². The van der Waals surface area contributed by atoms with Crippen LogP contribution in [0.4, 0.5) is 4.39 Å². The maximum atomic E-state index is 12.7. The summed E-state index contributed by atoms with van der Waals surface area (Å²) in [5.74, 6) is -0.352. The summed E-state index contributed by atoms with van der Waals surface area (Å²) in [6.07, 6.45) is -1.07. The fourth-order valence-corrected chi connectivity index (χ4v) is 1.74. The smallest absolute Gasteiger partial charge is 0.144 e. The van der Waals surface area contributed by atoms with Crippen LogP contribution < -0.4 is 0 Å². The molecule has 0 fully saturated rings. The van der Waals surface area contributed by atoms with E-state index in [1.54, 1.807) is 24.3 Å². The van der Waals surface area contributed by atoms with Crippen LogP contribution in [-0.2, 0) is 5.11 Å². The van der Waals surface area contributed by atoms with Gasteiger partial charge in [-0.2, -0.15) is 0 Å². The monoisotopic (exact) mass is 235 g/mol. The van der Waals surface area contributed by atoms with E-state index in [0.717, 1.165) is 0 Å². The fraction of sp³-hybridized carbons (Fsp3) is 0.0769. The molecule has 0 bridgehead atoms. The Bertz CT molecular complexity index is 482. The van der Waals surface area contributed by atoms with Crippen molar-refractivity contribution in [1.82, 2.24) is 0 Å². The summed E-state index contributed by atoms with van der Waals surface area (Å²) in [5.41, 5.74) is 1.02. The van der Waals surface area contributed by atoms with E-state index in [1.807, 2.05) is 0 Å². The van der Waals surface area contributed by atoms with Gasteiger partial charge in [0.1, 0.15) is 11.9 Å². The van der Waals surface area contributed by atoms with E-state index in [4.69, 9.17) is 11.6 Å². The second-order valence-electron chi connectivity index (χ2n) is 3.45. The SMILES string of the molecule is [O]C(c1ccc(F)cc1)c1ccccc1Cl. The summed E-state index contributed by atoms with van der Waals surface area (Å²) in [7, 11) is 0. The lowest BCUT2D eigenvalue weighted by Gasteiger charge is -2.10. The highest BCUT2D eigenvalue weighted by molar-refractivity contribution is 6.31. The molecular formula is C13H9ClFO. The third-order valence-electron chi connectivity index (χ3n) is 2.36. The Morgan fingerprint density at radius 3 is 2.25 bits per heavy atom. The largest absolute Gasteiger partial charge is 0.223 e.